The van der Waals surface area contributed by atoms with Crippen LogP contribution in [0.25, 0.3) is 0 Å². The molecule has 1 aliphatic rings. The summed E-state index contributed by atoms with van der Waals surface area (Å²) in [6.07, 6.45) is 9.89. The van der Waals surface area contributed by atoms with Crippen molar-refractivity contribution in [2.24, 2.45) is 0 Å². The van der Waals surface area contributed by atoms with E-state index >= 15 is 0 Å². The maximum atomic E-state index is 5.71. The van der Waals surface area contributed by atoms with Gasteiger partial charge >= 0.3 is 0 Å². The zero-order chi connectivity index (χ0) is 9.80. The van der Waals surface area contributed by atoms with Crippen LogP contribution in [-0.2, 0) is 12.8 Å². The molecule has 0 amide bonds. The predicted molar refractivity (Wildman–Crippen MR) is 55.3 cm³/mol. The lowest BCUT2D eigenvalue weighted by Crippen LogP contribution is -2.15. The summed E-state index contributed by atoms with van der Waals surface area (Å²) in [7, 11) is 0. The molecular formula is C10H18N4. The van der Waals surface area contributed by atoms with E-state index < -0.39 is 0 Å². The summed E-state index contributed by atoms with van der Waals surface area (Å²) in [6, 6.07) is 0. The molecule has 0 atom stereocenters. The second-order valence-electron chi connectivity index (χ2n) is 4.05. The Hall–Kier alpha value is -1.06. The van der Waals surface area contributed by atoms with Gasteiger partial charge in [0.15, 0.2) is 0 Å². The summed E-state index contributed by atoms with van der Waals surface area (Å²) in [6.45, 7) is 0. The number of nitrogen functional groups attached to an aromatic ring is 1. The summed E-state index contributed by atoms with van der Waals surface area (Å²) < 4.78 is 0. The molecule has 0 fully saturated rings. The molecule has 1 aromatic heterocycles. The maximum Gasteiger partial charge on any atom is 0.0881 e. The Bertz CT molecular complexity index is 292. The first-order valence-corrected chi connectivity index (χ1v) is 5.56. The molecule has 4 heteroatoms. The van der Waals surface area contributed by atoms with E-state index in [9.17, 15) is 0 Å². The Kier molecular flexibility index (Phi) is 3.01. The highest BCUT2D eigenvalue weighted by atomic mass is 15.6. The van der Waals surface area contributed by atoms with Crippen molar-refractivity contribution in [1.29, 1.82) is 0 Å². The number of fused-ring (bicyclic) bond motifs is 1. The summed E-state index contributed by atoms with van der Waals surface area (Å²) in [5.74, 6) is 5.71. The number of aryl methyl sites for hydroxylation is 1. The summed E-state index contributed by atoms with van der Waals surface area (Å²) in [5, 5.41) is 8.01. The first-order chi connectivity index (χ1) is 6.88. The molecule has 4 nitrogen and oxygen atoms in total. The number of hydrogen-bond acceptors (Lipinski definition) is 3. The third-order valence-corrected chi connectivity index (χ3v) is 2.95. The standard InChI is InChI=1S/C10H18N4/c11-14-10-8-6-4-2-1-3-5-7-9(10)12-13-14/h1-8,11H2. The molecule has 0 radical (unpaired) electrons. The number of aromatic nitrogens is 3. The van der Waals surface area contributed by atoms with E-state index in [0.29, 0.717) is 0 Å². The molecule has 1 heterocycles. The van der Waals surface area contributed by atoms with Gasteiger partial charge < -0.3 is 5.84 Å². The van der Waals surface area contributed by atoms with Crippen molar-refractivity contribution in [2.45, 2.75) is 51.4 Å². The third-order valence-electron chi connectivity index (χ3n) is 2.95. The lowest BCUT2D eigenvalue weighted by atomic mass is 10.0. The maximum absolute atomic E-state index is 5.71. The van der Waals surface area contributed by atoms with E-state index in [1.54, 1.807) is 0 Å². The molecule has 0 aromatic carbocycles. The minimum Gasteiger partial charge on any atom is -0.322 e. The fourth-order valence-corrected chi connectivity index (χ4v) is 2.09. The first kappa shape index (κ1) is 9.49. The Balaban J connectivity index is 2.11. The van der Waals surface area contributed by atoms with Crippen molar-refractivity contribution in [3.8, 4) is 0 Å². The molecule has 0 spiro atoms. The van der Waals surface area contributed by atoms with Crippen molar-refractivity contribution in [3.05, 3.63) is 11.4 Å². The fourth-order valence-electron chi connectivity index (χ4n) is 2.09. The highest BCUT2D eigenvalue weighted by Gasteiger charge is 2.11. The highest BCUT2D eigenvalue weighted by Crippen LogP contribution is 2.16. The minimum absolute atomic E-state index is 1.04. The van der Waals surface area contributed by atoms with Gasteiger partial charge in [0.05, 0.1) is 11.4 Å². The van der Waals surface area contributed by atoms with Crippen molar-refractivity contribution in [1.82, 2.24) is 15.1 Å². The largest absolute Gasteiger partial charge is 0.322 e. The third kappa shape index (κ3) is 2.05. The number of nitrogens with two attached hydrogens (primary N) is 1. The van der Waals surface area contributed by atoms with Crippen LogP contribution >= 0.6 is 0 Å². The molecule has 2 N–H and O–H groups in total. The van der Waals surface area contributed by atoms with Crippen LogP contribution in [0.1, 0.15) is 49.9 Å². The normalized spacial score (nSPS) is 18.9. The summed E-state index contributed by atoms with van der Waals surface area (Å²) in [5.41, 5.74) is 2.27. The van der Waals surface area contributed by atoms with E-state index in [1.165, 1.54) is 43.3 Å². The van der Waals surface area contributed by atoms with Crippen LogP contribution < -0.4 is 5.84 Å². The Morgan fingerprint density at radius 3 is 2.36 bits per heavy atom. The van der Waals surface area contributed by atoms with Crippen LogP contribution in [0.4, 0.5) is 0 Å². The van der Waals surface area contributed by atoms with E-state index in [2.05, 4.69) is 10.3 Å². The van der Waals surface area contributed by atoms with Crippen LogP contribution in [0, 0.1) is 0 Å². The second-order valence-corrected chi connectivity index (χ2v) is 4.05. The Morgan fingerprint density at radius 1 is 0.929 bits per heavy atom. The molecule has 2 rings (SSSR count). The van der Waals surface area contributed by atoms with Gasteiger partial charge in [0.2, 0.25) is 0 Å². The van der Waals surface area contributed by atoms with Gasteiger partial charge in [0.1, 0.15) is 0 Å². The predicted octanol–water partition coefficient (Wildman–Crippen LogP) is 1.43. The molecule has 14 heavy (non-hydrogen) atoms. The Labute approximate surface area is 84.5 Å². The monoisotopic (exact) mass is 194 g/mol. The second kappa shape index (κ2) is 4.44. The minimum atomic E-state index is 1.04. The lowest BCUT2D eigenvalue weighted by molar-refractivity contribution is 0.571. The van der Waals surface area contributed by atoms with Gasteiger partial charge in [-0.1, -0.05) is 25.7 Å². The van der Waals surface area contributed by atoms with Crippen LogP contribution in [0.3, 0.4) is 0 Å². The smallest absolute Gasteiger partial charge is 0.0881 e. The van der Waals surface area contributed by atoms with Crippen molar-refractivity contribution in [2.75, 3.05) is 5.84 Å². The molecule has 1 aliphatic carbocycles. The van der Waals surface area contributed by atoms with Gasteiger partial charge in [-0.25, -0.2) is 0 Å². The summed E-state index contributed by atoms with van der Waals surface area (Å²) >= 11 is 0. The molecule has 0 saturated heterocycles. The molecule has 0 unspecified atom stereocenters. The zero-order valence-electron chi connectivity index (χ0n) is 8.58. The van der Waals surface area contributed by atoms with Gasteiger partial charge in [-0.3, -0.25) is 0 Å². The number of rotatable bonds is 0. The average Bonchev–Trinajstić information content (AvgIpc) is 2.55. The van der Waals surface area contributed by atoms with Crippen molar-refractivity contribution in [3.63, 3.8) is 0 Å². The van der Waals surface area contributed by atoms with Crippen molar-refractivity contribution < 1.29 is 0 Å². The molecule has 78 valence electrons. The van der Waals surface area contributed by atoms with Crippen molar-refractivity contribution >= 4 is 0 Å². The van der Waals surface area contributed by atoms with E-state index in [0.717, 1.165) is 24.2 Å². The topological polar surface area (TPSA) is 56.7 Å². The van der Waals surface area contributed by atoms with Gasteiger partial charge in [-0.15, -0.1) is 5.10 Å². The van der Waals surface area contributed by atoms with Gasteiger partial charge in [-0.05, 0) is 30.9 Å². The van der Waals surface area contributed by atoms with E-state index in [-0.39, 0.29) is 0 Å². The van der Waals surface area contributed by atoms with E-state index in [4.69, 9.17) is 5.84 Å². The fraction of sp³-hybridized carbons (Fsp3) is 0.800. The SMILES string of the molecule is Nn1nnc2c1CCCCCCCC2. The number of hydrogen-bond donors (Lipinski definition) is 1. The molecule has 0 bridgehead atoms. The highest BCUT2D eigenvalue weighted by molar-refractivity contribution is 5.10. The quantitative estimate of drug-likeness (QED) is 0.636. The van der Waals surface area contributed by atoms with Crippen LogP contribution in [-0.4, -0.2) is 15.1 Å². The molecule has 0 aliphatic heterocycles. The van der Waals surface area contributed by atoms with Crippen LogP contribution in [0.15, 0.2) is 0 Å². The summed E-state index contributed by atoms with van der Waals surface area (Å²) in [4.78, 5) is 1.46. The first-order valence-electron chi connectivity index (χ1n) is 5.56. The van der Waals surface area contributed by atoms with Gasteiger partial charge in [-0.2, -0.15) is 4.79 Å². The van der Waals surface area contributed by atoms with E-state index in [1.807, 2.05) is 0 Å². The molecular weight excluding hydrogens is 176 g/mol. The van der Waals surface area contributed by atoms with Gasteiger partial charge in [0, 0.05) is 0 Å². The molecule has 0 saturated carbocycles. The lowest BCUT2D eigenvalue weighted by Gasteiger charge is -2.07. The van der Waals surface area contributed by atoms with Gasteiger partial charge in [0.25, 0.3) is 0 Å². The Morgan fingerprint density at radius 2 is 1.57 bits per heavy atom. The zero-order valence-corrected chi connectivity index (χ0v) is 8.58. The average molecular weight is 194 g/mol. The number of nitrogens with zero attached hydrogens (tertiary/aromatic N) is 3. The van der Waals surface area contributed by atoms with Crippen LogP contribution in [0.2, 0.25) is 0 Å². The van der Waals surface area contributed by atoms with Crippen LogP contribution in [0.5, 0.6) is 0 Å². The molecule has 1 aromatic rings.